The van der Waals surface area contributed by atoms with Gasteiger partial charge in [0.1, 0.15) is 11.8 Å². The van der Waals surface area contributed by atoms with Crippen molar-refractivity contribution < 1.29 is 19.1 Å². The average Bonchev–Trinajstić information content (AvgIpc) is 2.64. The van der Waals surface area contributed by atoms with Gasteiger partial charge in [-0.3, -0.25) is 9.69 Å². The number of nitrogens with zero attached hydrogens (tertiary/aromatic N) is 1. The first kappa shape index (κ1) is 19.5. The van der Waals surface area contributed by atoms with Crippen molar-refractivity contribution in [2.75, 3.05) is 19.1 Å². The van der Waals surface area contributed by atoms with Gasteiger partial charge in [-0.15, -0.1) is 0 Å². The zero-order valence-corrected chi connectivity index (χ0v) is 15.9. The van der Waals surface area contributed by atoms with Crippen LogP contribution in [0.25, 0.3) is 0 Å². The van der Waals surface area contributed by atoms with E-state index in [-0.39, 0.29) is 12.3 Å². The Bertz CT molecular complexity index is 763. The monoisotopic (exact) mass is 355 g/mol. The van der Waals surface area contributed by atoms with Crippen LogP contribution in [0, 0.1) is 13.8 Å². The number of anilines is 1. The molecule has 138 valence electrons. The van der Waals surface area contributed by atoms with E-state index >= 15 is 0 Å². The molecule has 0 radical (unpaired) electrons. The van der Waals surface area contributed by atoms with Crippen LogP contribution in [0.15, 0.2) is 42.5 Å². The van der Waals surface area contributed by atoms with Crippen LogP contribution in [0.2, 0.25) is 0 Å². The molecule has 0 heterocycles. The third-order valence-corrected chi connectivity index (χ3v) is 4.39. The zero-order valence-electron chi connectivity index (χ0n) is 15.9. The van der Waals surface area contributed by atoms with E-state index in [0.717, 1.165) is 28.1 Å². The van der Waals surface area contributed by atoms with Gasteiger partial charge in [-0.1, -0.05) is 30.3 Å². The number of carbonyl (C=O) groups excluding carboxylic acids is 2. The van der Waals surface area contributed by atoms with Crippen molar-refractivity contribution in [3.05, 3.63) is 59.2 Å². The fourth-order valence-electron chi connectivity index (χ4n) is 3.00. The average molecular weight is 355 g/mol. The predicted octanol–water partition coefficient (Wildman–Crippen LogP) is 3.45. The summed E-state index contributed by atoms with van der Waals surface area (Å²) in [5.74, 6) is 0.122. The lowest BCUT2D eigenvalue weighted by atomic mass is 10.0. The SMILES string of the molecule is COC(=O)C(C)N(C(=O)Cc1ccc(OC)cc1)c1c(C)cccc1C. The Balaban J connectivity index is 2.39. The molecular formula is C21H25NO4. The Morgan fingerprint density at radius 3 is 2.08 bits per heavy atom. The normalized spacial score (nSPS) is 11.6. The number of hydrogen-bond donors (Lipinski definition) is 0. The van der Waals surface area contributed by atoms with Gasteiger partial charge in [-0.2, -0.15) is 0 Å². The van der Waals surface area contributed by atoms with Gasteiger partial charge in [0.15, 0.2) is 0 Å². The number of rotatable bonds is 6. The Kier molecular flexibility index (Phi) is 6.39. The maximum atomic E-state index is 13.1. The molecule has 0 aromatic heterocycles. The molecular weight excluding hydrogens is 330 g/mol. The van der Waals surface area contributed by atoms with Gasteiger partial charge in [0, 0.05) is 0 Å². The molecule has 0 saturated carbocycles. The molecule has 2 aromatic carbocycles. The van der Waals surface area contributed by atoms with E-state index in [1.807, 2.05) is 56.3 Å². The molecule has 0 N–H and O–H groups in total. The van der Waals surface area contributed by atoms with Crippen LogP contribution in [-0.2, 0) is 20.7 Å². The fraction of sp³-hybridized carbons (Fsp3) is 0.333. The maximum absolute atomic E-state index is 13.1. The second-order valence-corrected chi connectivity index (χ2v) is 6.23. The summed E-state index contributed by atoms with van der Waals surface area (Å²) in [6, 6.07) is 12.4. The Morgan fingerprint density at radius 1 is 1.00 bits per heavy atom. The summed E-state index contributed by atoms with van der Waals surface area (Å²) < 4.78 is 10.0. The number of benzene rings is 2. The molecule has 0 aliphatic rings. The van der Waals surface area contributed by atoms with Gasteiger partial charge >= 0.3 is 5.97 Å². The lowest BCUT2D eigenvalue weighted by Gasteiger charge is -2.30. The van der Waals surface area contributed by atoms with Gasteiger partial charge in [-0.25, -0.2) is 4.79 Å². The Morgan fingerprint density at radius 2 is 1.58 bits per heavy atom. The van der Waals surface area contributed by atoms with Gasteiger partial charge in [0.05, 0.1) is 26.3 Å². The smallest absolute Gasteiger partial charge is 0.328 e. The van der Waals surface area contributed by atoms with E-state index in [2.05, 4.69) is 0 Å². The molecule has 1 unspecified atom stereocenters. The second kappa shape index (κ2) is 8.52. The molecule has 0 spiro atoms. The Hall–Kier alpha value is -2.82. The molecule has 1 atom stereocenters. The first-order valence-corrected chi connectivity index (χ1v) is 8.48. The summed E-state index contributed by atoms with van der Waals surface area (Å²) in [5.41, 5.74) is 3.47. The number of para-hydroxylation sites is 1. The van der Waals surface area contributed by atoms with Crippen molar-refractivity contribution in [2.24, 2.45) is 0 Å². The summed E-state index contributed by atoms with van der Waals surface area (Å²) in [7, 11) is 2.93. The van der Waals surface area contributed by atoms with Crippen LogP contribution >= 0.6 is 0 Å². The quantitative estimate of drug-likeness (QED) is 0.745. The standard InChI is InChI=1S/C21H25NO4/c1-14-7-6-8-15(2)20(14)22(16(3)21(24)26-5)19(23)13-17-9-11-18(25-4)12-10-17/h6-12,16H,13H2,1-5H3. The number of ether oxygens (including phenoxy) is 2. The fourth-order valence-corrected chi connectivity index (χ4v) is 3.00. The minimum Gasteiger partial charge on any atom is -0.497 e. The highest BCUT2D eigenvalue weighted by molar-refractivity contribution is 6.01. The van der Waals surface area contributed by atoms with Crippen molar-refractivity contribution in [2.45, 2.75) is 33.2 Å². The zero-order chi connectivity index (χ0) is 19.3. The van der Waals surface area contributed by atoms with Crippen LogP contribution < -0.4 is 9.64 Å². The maximum Gasteiger partial charge on any atom is 0.328 e. The van der Waals surface area contributed by atoms with Gasteiger partial charge in [0.25, 0.3) is 0 Å². The molecule has 1 amide bonds. The minimum atomic E-state index is -0.717. The minimum absolute atomic E-state index is 0.162. The number of carbonyl (C=O) groups is 2. The molecule has 0 fully saturated rings. The highest BCUT2D eigenvalue weighted by atomic mass is 16.5. The molecule has 5 heteroatoms. The predicted molar refractivity (Wildman–Crippen MR) is 102 cm³/mol. The van der Waals surface area contributed by atoms with E-state index in [9.17, 15) is 9.59 Å². The summed E-state index contributed by atoms with van der Waals surface area (Å²) >= 11 is 0. The highest BCUT2D eigenvalue weighted by Gasteiger charge is 2.30. The van der Waals surface area contributed by atoms with E-state index in [1.165, 1.54) is 7.11 Å². The summed E-state index contributed by atoms with van der Waals surface area (Å²) in [5, 5.41) is 0. The molecule has 0 saturated heterocycles. The Labute approximate surface area is 154 Å². The summed E-state index contributed by atoms with van der Waals surface area (Å²) in [4.78, 5) is 26.8. The molecule has 0 aliphatic heterocycles. The van der Waals surface area contributed by atoms with Crippen molar-refractivity contribution in [3.8, 4) is 5.75 Å². The third-order valence-electron chi connectivity index (χ3n) is 4.39. The molecule has 5 nitrogen and oxygen atoms in total. The van der Waals surface area contributed by atoms with Gasteiger partial charge < -0.3 is 9.47 Å². The first-order valence-electron chi connectivity index (χ1n) is 8.48. The van der Waals surface area contributed by atoms with E-state index in [0.29, 0.717) is 0 Å². The summed E-state index contributed by atoms with van der Waals surface area (Å²) in [6.07, 6.45) is 0.180. The van der Waals surface area contributed by atoms with Crippen molar-refractivity contribution in [1.82, 2.24) is 0 Å². The van der Waals surface area contributed by atoms with Crippen molar-refractivity contribution in [1.29, 1.82) is 0 Å². The van der Waals surface area contributed by atoms with Crippen molar-refractivity contribution in [3.63, 3.8) is 0 Å². The first-order chi connectivity index (χ1) is 12.4. The van der Waals surface area contributed by atoms with E-state index in [1.54, 1.807) is 18.9 Å². The molecule has 26 heavy (non-hydrogen) atoms. The van der Waals surface area contributed by atoms with Crippen LogP contribution in [0.1, 0.15) is 23.6 Å². The van der Waals surface area contributed by atoms with Crippen LogP contribution in [0.4, 0.5) is 5.69 Å². The van der Waals surface area contributed by atoms with Gasteiger partial charge in [-0.05, 0) is 49.6 Å². The molecule has 0 aliphatic carbocycles. The summed E-state index contributed by atoms with van der Waals surface area (Å²) in [6.45, 7) is 5.55. The van der Waals surface area contributed by atoms with Crippen LogP contribution in [0.5, 0.6) is 5.75 Å². The van der Waals surface area contributed by atoms with Crippen LogP contribution in [-0.4, -0.2) is 32.1 Å². The second-order valence-electron chi connectivity index (χ2n) is 6.23. The van der Waals surface area contributed by atoms with Crippen molar-refractivity contribution >= 4 is 17.6 Å². The van der Waals surface area contributed by atoms with Gasteiger partial charge in [0.2, 0.25) is 5.91 Å². The molecule has 2 aromatic rings. The number of hydrogen-bond acceptors (Lipinski definition) is 4. The molecule has 2 rings (SSSR count). The van der Waals surface area contributed by atoms with E-state index in [4.69, 9.17) is 9.47 Å². The number of esters is 1. The number of amides is 1. The highest BCUT2D eigenvalue weighted by Crippen LogP contribution is 2.28. The lowest BCUT2D eigenvalue weighted by molar-refractivity contribution is -0.143. The molecule has 0 bridgehead atoms. The largest absolute Gasteiger partial charge is 0.497 e. The number of methoxy groups -OCH3 is 2. The lowest BCUT2D eigenvalue weighted by Crippen LogP contribution is -2.45. The van der Waals surface area contributed by atoms with Crippen LogP contribution in [0.3, 0.4) is 0 Å². The number of aryl methyl sites for hydroxylation is 2. The topological polar surface area (TPSA) is 55.8 Å². The third kappa shape index (κ3) is 4.23. The van der Waals surface area contributed by atoms with E-state index < -0.39 is 12.0 Å².